The lowest BCUT2D eigenvalue weighted by molar-refractivity contribution is 1.29. The Morgan fingerprint density at radius 1 is 1.47 bits per heavy atom. The van der Waals surface area contributed by atoms with Gasteiger partial charge in [0.15, 0.2) is 0 Å². The third-order valence-electron chi connectivity index (χ3n) is 2.07. The minimum absolute atomic E-state index is 0.826. The zero-order chi connectivity index (χ0) is 10.7. The molecule has 0 aliphatic heterocycles. The molecular weight excluding hydrogens is 224 g/mol. The highest BCUT2D eigenvalue weighted by molar-refractivity contribution is 7.98. The topological polar surface area (TPSA) is 38.9 Å². The summed E-state index contributed by atoms with van der Waals surface area (Å²) in [4.78, 5) is 6.60. The standard InChI is InChI=1S/C11H12N2S2/c1-8-2-3-9(12)4-11(8)14-6-10-5-13-7-15-10/h2-5,7H,6,12H2,1H3. The van der Waals surface area contributed by atoms with Crippen molar-refractivity contribution in [2.24, 2.45) is 0 Å². The number of anilines is 1. The summed E-state index contributed by atoms with van der Waals surface area (Å²) in [5.74, 6) is 0.967. The van der Waals surface area contributed by atoms with Crippen LogP contribution in [0.15, 0.2) is 34.8 Å². The molecular formula is C11H12N2S2. The second kappa shape index (κ2) is 4.68. The third kappa shape index (κ3) is 2.73. The van der Waals surface area contributed by atoms with Crippen molar-refractivity contribution in [2.75, 3.05) is 5.73 Å². The van der Waals surface area contributed by atoms with Gasteiger partial charge < -0.3 is 5.73 Å². The van der Waals surface area contributed by atoms with Crippen LogP contribution in [0, 0.1) is 6.92 Å². The van der Waals surface area contributed by atoms with Crippen LogP contribution in [0.2, 0.25) is 0 Å². The van der Waals surface area contributed by atoms with Gasteiger partial charge in [0.2, 0.25) is 0 Å². The van der Waals surface area contributed by atoms with E-state index in [0.717, 1.165) is 11.4 Å². The number of hydrogen-bond acceptors (Lipinski definition) is 4. The van der Waals surface area contributed by atoms with Crippen LogP contribution in [0.1, 0.15) is 10.4 Å². The largest absolute Gasteiger partial charge is 0.399 e. The molecule has 1 aromatic heterocycles. The second-order valence-electron chi connectivity index (χ2n) is 3.28. The SMILES string of the molecule is Cc1ccc(N)cc1SCc1cncs1. The number of nitrogen functional groups attached to an aromatic ring is 1. The van der Waals surface area contributed by atoms with Gasteiger partial charge in [0.05, 0.1) is 5.51 Å². The molecule has 1 aromatic carbocycles. The molecule has 2 N–H and O–H groups in total. The van der Waals surface area contributed by atoms with Crippen LogP contribution in [-0.4, -0.2) is 4.98 Å². The molecule has 0 saturated heterocycles. The maximum atomic E-state index is 5.75. The summed E-state index contributed by atoms with van der Waals surface area (Å²) < 4.78 is 0. The van der Waals surface area contributed by atoms with Crippen molar-refractivity contribution in [3.05, 3.63) is 40.3 Å². The first-order valence-electron chi connectivity index (χ1n) is 4.62. The molecule has 2 aromatic rings. The summed E-state index contributed by atoms with van der Waals surface area (Å²) >= 11 is 3.50. The Hall–Kier alpha value is -1.00. The number of rotatable bonds is 3. The monoisotopic (exact) mass is 236 g/mol. The summed E-state index contributed by atoms with van der Waals surface area (Å²) in [6, 6.07) is 6.03. The van der Waals surface area contributed by atoms with E-state index in [-0.39, 0.29) is 0 Å². The average molecular weight is 236 g/mol. The van der Waals surface area contributed by atoms with Crippen LogP contribution in [0.4, 0.5) is 5.69 Å². The molecule has 1 heterocycles. The second-order valence-corrected chi connectivity index (χ2v) is 5.27. The molecule has 2 nitrogen and oxygen atoms in total. The molecule has 0 aliphatic carbocycles. The smallest absolute Gasteiger partial charge is 0.0794 e. The number of nitrogens with two attached hydrogens (primary N) is 1. The van der Waals surface area contributed by atoms with Crippen LogP contribution in [-0.2, 0) is 5.75 Å². The summed E-state index contributed by atoms with van der Waals surface area (Å²) in [5, 5.41) is 0. The third-order valence-corrected chi connectivity index (χ3v) is 4.23. The van der Waals surface area contributed by atoms with Gasteiger partial charge in [-0.25, -0.2) is 0 Å². The van der Waals surface area contributed by atoms with Gasteiger partial charge in [-0.05, 0) is 24.6 Å². The predicted octanol–water partition coefficient (Wildman–Crippen LogP) is 3.33. The molecule has 0 unspecified atom stereocenters. The van der Waals surface area contributed by atoms with E-state index >= 15 is 0 Å². The van der Waals surface area contributed by atoms with Crippen LogP contribution in [0.5, 0.6) is 0 Å². The Morgan fingerprint density at radius 2 is 2.33 bits per heavy atom. The van der Waals surface area contributed by atoms with Crippen LogP contribution in [0.3, 0.4) is 0 Å². The van der Waals surface area contributed by atoms with Gasteiger partial charge in [0.25, 0.3) is 0 Å². The Labute approximate surface area is 97.5 Å². The van der Waals surface area contributed by atoms with Gasteiger partial charge in [0, 0.05) is 27.4 Å². The predicted molar refractivity (Wildman–Crippen MR) is 67.3 cm³/mol. The Kier molecular flexibility index (Phi) is 3.28. The number of thiazole rings is 1. The lowest BCUT2D eigenvalue weighted by Crippen LogP contribution is -1.87. The zero-order valence-corrected chi connectivity index (χ0v) is 10.1. The van der Waals surface area contributed by atoms with Crippen molar-refractivity contribution in [2.45, 2.75) is 17.6 Å². The molecule has 0 atom stereocenters. The highest BCUT2D eigenvalue weighted by Gasteiger charge is 2.01. The number of aryl methyl sites for hydroxylation is 1. The van der Waals surface area contributed by atoms with E-state index in [0.29, 0.717) is 0 Å². The van der Waals surface area contributed by atoms with Crippen molar-refractivity contribution in [3.63, 3.8) is 0 Å². The number of thioether (sulfide) groups is 1. The number of hydrogen-bond donors (Lipinski definition) is 1. The zero-order valence-electron chi connectivity index (χ0n) is 8.43. The number of benzene rings is 1. The molecule has 0 fully saturated rings. The molecule has 0 amide bonds. The average Bonchev–Trinajstić information content (AvgIpc) is 2.72. The minimum Gasteiger partial charge on any atom is -0.399 e. The van der Waals surface area contributed by atoms with Gasteiger partial charge >= 0.3 is 0 Å². The highest BCUT2D eigenvalue weighted by Crippen LogP contribution is 2.28. The Morgan fingerprint density at radius 3 is 3.07 bits per heavy atom. The fourth-order valence-electron chi connectivity index (χ4n) is 1.23. The van der Waals surface area contributed by atoms with Crippen molar-refractivity contribution in [3.8, 4) is 0 Å². The number of aromatic nitrogens is 1. The summed E-state index contributed by atoms with van der Waals surface area (Å²) in [6.45, 7) is 2.11. The normalized spacial score (nSPS) is 10.5. The molecule has 0 spiro atoms. The maximum Gasteiger partial charge on any atom is 0.0794 e. The van der Waals surface area contributed by atoms with Gasteiger partial charge in [-0.2, -0.15) is 0 Å². The van der Waals surface area contributed by atoms with E-state index in [4.69, 9.17) is 5.73 Å². The van der Waals surface area contributed by atoms with Gasteiger partial charge in [-0.3, -0.25) is 4.98 Å². The molecule has 4 heteroatoms. The maximum absolute atomic E-state index is 5.75. The van der Waals surface area contributed by atoms with Gasteiger partial charge in [0.1, 0.15) is 0 Å². The molecule has 0 aliphatic rings. The fourth-order valence-corrected chi connectivity index (χ4v) is 2.95. The molecule has 0 bridgehead atoms. The van der Waals surface area contributed by atoms with E-state index in [1.165, 1.54) is 15.3 Å². The van der Waals surface area contributed by atoms with Gasteiger partial charge in [-0.1, -0.05) is 6.07 Å². The molecule has 15 heavy (non-hydrogen) atoms. The number of nitrogens with zero attached hydrogens (tertiary/aromatic N) is 1. The van der Waals surface area contributed by atoms with Crippen LogP contribution in [0.25, 0.3) is 0 Å². The van der Waals surface area contributed by atoms with Crippen molar-refractivity contribution in [1.29, 1.82) is 0 Å². The first kappa shape index (κ1) is 10.5. The quantitative estimate of drug-likeness (QED) is 0.656. The van der Waals surface area contributed by atoms with E-state index < -0.39 is 0 Å². The first-order chi connectivity index (χ1) is 7.25. The Bertz CT molecular complexity index is 438. The van der Waals surface area contributed by atoms with Crippen molar-refractivity contribution in [1.82, 2.24) is 4.98 Å². The Balaban J connectivity index is 2.07. The van der Waals surface area contributed by atoms with Crippen molar-refractivity contribution >= 4 is 28.8 Å². The molecule has 0 saturated carbocycles. The minimum atomic E-state index is 0.826. The molecule has 0 radical (unpaired) electrons. The lowest BCUT2D eigenvalue weighted by Gasteiger charge is -2.05. The lowest BCUT2D eigenvalue weighted by atomic mass is 10.2. The van der Waals surface area contributed by atoms with E-state index in [1.54, 1.807) is 11.3 Å². The van der Waals surface area contributed by atoms with Crippen molar-refractivity contribution < 1.29 is 0 Å². The van der Waals surface area contributed by atoms with E-state index in [1.807, 2.05) is 35.6 Å². The van der Waals surface area contributed by atoms with Gasteiger partial charge in [-0.15, -0.1) is 23.1 Å². The van der Waals surface area contributed by atoms with E-state index in [9.17, 15) is 0 Å². The molecule has 2 rings (SSSR count). The fraction of sp³-hybridized carbons (Fsp3) is 0.182. The van der Waals surface area contributed by atoms with E-state index in [2.05, 4.69) is 18.0 Å². The summed E-state index contributed by atoms with van der Waals surface area (Å²) in [6.07, 6.45) is 1.92. The summed E-state index contributed by atoms with van der Waals surface area (Å²) in [7, 11) is 0. The van der Waals surface area contributed by atoms with Crippen LogP contribution < -0.4 is 5.73 Å². The molecule has 78 valence electrons. The van der Waals surface area contributed by atoms with Crippen LogP contribution >= 0.6 is 23.1 Å². The highest BCUT2D eigenvalue weighted by atomic mass is 32.2. The first-order valence-corrected chi connectivity index (χ1v) is 6.48. The summed E-state index contributed by atoms with van der Waals surface area (Å²) in [5.41, 5.74) is 9.72.